The maximum atomic E-state index is 12.5. The highest BCUT2D eigenvalue weighted by Gasteiger charge is 2.33. The Bertz CT molecular complexity index is 746. The highest BCUT2D eigenvalue weighted by Crippen LogP contribution is 2.34. The van der Waals surface area contributed by atoms with Crippen LogP contribution < -0.4 is 4.90 Å². The monoisotopic (exact) mass is 328 g/mol. The number of hydrogen-bond acceptors (Lipinski definition) is 5. The average molecular weight is 328 g/mol. The summed E-state index contributed by atoms with van der Waals surface area (Å²) in [6.45, 7) is 8.53. The van der Waals surface area contributed by atoms with Crippen molar-refractivity contribution in [2.75, 3.05) is 31.2 Å². The summed E-state index contributed by atoms with van der Waals surface area (Å²) in [5.74, 6) is -0.324. The van der Waals surface area contributed by atoms with Crippen molar-refractivity contribution < 1.29 is 14.3 Å². The zero-order valence-corrected chi connectivity index (χ0v) is 14.5. The molecule has 0 N–H and O–H groups in total. The fourth-order valence-electron chi connectivity index (χ4n) is 3.16. The molecule has 5 nitrogen and oxygen atoms in total. The van der Waals surface area contributed by atoms with Gasteiger partial charge in [0.25, 0.3) is 0 Å². The third-order valence-electron chi connectivity index (χ3n) is 4.64. The van der Waals surface area contributed by atoms with Crippen LogP contribution in [0.4, 0.5) is 5.69 Å². The number of ether oxygens (including phenoxy) is 2. The summed E-state index contributed by atoms with van der Waals surface area (Å²) in [5.41, 5.74) is 2.09. The molecule has 1 aromatic heterocycles. The van der Waals surface area contributed by atoms with Crippen LogP contribution in [0, 0.1) is 0 Å². The van der Waals surface area contributed by atoms with E-state index < -0.39 is 0 Å². The molecular formula is C19H24N2O3. The Labute approximate surface area is 142 Å². The lowest BCUT2D eigenvalue weighted by Gasteiger charge is -2.42. The summed E-state index contributed by atoms with van der Waals surface area (Å²) in [5, 5.41) is 0.975. The number of anilines is 1. The van der Waals surface area contributed by atoms with Crippen LogP contribution in [0.3, 0.4) is 0 Å². The molecule has 1 atom stereocenters. The van der Waals surface area contributed by atoms with E-state index in [1.807, 2.05) is 31.2 Å². The number of rotatable bonds is 4. The van der Waals surface area contributed by atoms with Crippen molar-refractivity contribution in [2.45, 2.75) is 32.8 Å². The number of aromatic nitrogens is 1. The number of carbonyl (C=O) groups excluding carboxylic acids is 1. The number of morpholine rings is 1. The third-order valence-corrected chi connectivity index (χ3v) is 4.64. The van der Waals surface area contributed by atoms with Gasteiger partial charge in [0.05, 0.1) is 30.0 Å². The molecule has 0 aliphatic carbocycles. The first kappa shape index (κ1) is 16.7. The number of fused-ring (bicyclic) bond motifs is 1. The molecule has 1 fully saturated rings. The Balaban J connectivity index is 2.12. The minimum absolute atomic E-state index is 0.214. The molecule has 3 rings (SSSR count). The van der Waals surface area contributed by atoms with Gasteiger partial charge in [0.2, 0.25) is 0 Å². The normalized spacial score (nSPS) is 21.0. The van der Waals surface area contributed by atoms with Crippen LogP contribution in [0.1, 0.15) is 37.6 Å². The SMILES string of the molecule is CCOC(=O)c1cnc2ccccc2c1N1CCOC(C)(CC)C1. The van der Waals surface area contributed by atoms with Crippen LogP contribution >= 0.6 is 0 Å². The molecule has 1 aromatic carbocycles. The predicted molar refractivity (Wildman–Crippen MR) is 94.6 cm³/mol. The van der Waals surface area contributed by atoms with Gasteiger partial charge in [-0.3, -0.25) is 4.98 Å². The quantitative estimate of drug-likeness (QED) is 0.805. The Morgan fingerprint density at radius 2 is 2.17 bits per heavy atom. The van der Waals surface area contributed by atoms with Crippen molar-refractivity contribution in [3.63, 3.8) is 0 Å². The van der Waals surface area contributed by atoms with Crippen LogP contribution in [0.2, 0.25) is 0 Å². The molecule has 128 valence electrons. The van der Waals surface area contributed by atoms with E-state index in [-0.39, 0.29) is 11.6 Å². The second-order valence-corrected chi connectivity index (χ2v) is 6.33. The topological polar surface area (TPSA) is 51.7 Å². The van der Waals surface area contributed by atoms with Crippen molar-refractivity contribution in [1.29, 1.82) is 0 Å². The molecule has 1 aliphatic heterocycles. The van der Waals surface area contributed by atoms with Crippen molar-refractivity contribution in [3.05, 3.63) is 36.0 Å². The number of nitrogens with zero attached hydrogens (tertiary/aromatic N) is 2. The van der Waals surface area contributed by atoms with E-state index >= 15 is 0 Å². The van der Waals surface area contributed by atoms with Gasteiger partial charge in [0.15, 0.2) is 0 Å². The minimum Gasteiger partial charge on any atom is -0.462 e. The summed E-state index contributed by atoms with van der Waals surface area (Å²) in [6, 6.07) is 7.91. The zero-order chi connectivity index (χ0) is 17.2. The van der Waals surface area contributed by atoms with Gasteiger partial charge in [-0.25, -0.2) is 4.79 Å². The molecule has 0 bridgehead atoms. The molecular weight excluding hydrogens is 304 g/mol. The van der Waals surface area contributed by atoms with Gasteiger partial charge in [0.1, 0.15) is 5.56 Å². The molecule has 1 unspecified atom stereocenters. The Hall–Kier alpha value is -2.14. The van der Waals surface area contributed by atoms with Gasteiger partial charge in [-0.15, -0.1) is 0 Å². The van der Waals surface area contributed by atoms with Crippen LogP contribution in [-0.2, 0) is 9.47 Å². The zero-order valence-electron chi connectivity index (χ0n) is 14.5. The summed E-state index contributed by atoms with van der Waals surface area (Å²) in [7, 11) is 0. The van der Waals surface area contributed by atoms with E-state index in [0.29, 0.717) is 18.8 Å². The highest BCUT2D eigenvalue weighted by molar-refractivity contribution is 6.05. The lowest BCUT2D eigenvalue weighted by molar-refractivity contribution is -0.0441. The summed E-state index contributed by atoms with van der Waals surface area (Å²) < 4.78 is 11.2. The van der Waals surface area contributed by atoms with Crippen LogP contribution in [0.25, 0.3) is 10.9 Å². The first-order valence-corrected chi connectivity index (χ1v) is 8.51. The summed E-state index contributed by atoms with van der Waals surface area (Å²) in [4.78, 5) is 19.1. The number of hydrogen-bond donors (Lipinski definition) is 0. The molecule has 24 heavy (non-hydrogen) atoms. The standard InChI is InChI=1S/C19H24N2O3/c1-4-19(3)13-21(10-11-24-19)17-14-8-6-7-9-16(14)20-12-15(17)18(22)23-5-2/h6-9,12H,4-5,10-11,13H2,1-3H3. The maximum Gasteiger partial charge on any atom is 0.341 e. The van der Waals surface area contributed by atoms with Crippen molar-refractivity contribution in [2.24, 2.45) is 0 Å². The molecule has 0 amide bonds. The third kappa shape index (κ3) is 3.08. The summed E-state index contributed by atoms with van der Waals surface area (Å²) >= 11 is 0. The lowest BCUT2D eigenvalue weighted by atomic mass is 9.99. The summed E-state index contributed by atoms with van der Waals surface area (Å²) in [6.07, 6.45) is 2.55. The second-order valence-electron chi connectivity index (χ2n) is 6.33. The Kier molecular flexibility index (Phi) is 4.71. The molecule has 2 aromatic rings. The number of pyridine rings is 1. The van der Waals surface area contributed by atoms with E-state index in [9.17, 15) is 4.79 Å². The lowest BCUT2D eigenvalue weighted by Crippen LogP contribution is -2.50. The molecule has 0 saturated carbocycles. The van der Waals surface area contributed by atoms with E-state index in [1.165, 1.54) is 0 Å². The fraction of sp³-hybridized carbons (Fsp3) is 0.474. The number of benzene rings is 1. The number of carbonyl (C=O) groups is 1. The van der Waals surface area contributed by atoms with Gasteiger partial charge >= 0.3 is 5.97 Å². The van der Waals surface area contributed by atoms with E-state index in [2.05, 4.69) is 23.7 Å². The molecule has 2 heterocycles. The van der Waals surface area contributed by atoms with Crippen LogP contribution in [-0.4, -0.2) is 42.9 Å². The predicted octanol–water partition coefficient (Wildman–Crippen LogP) is 3.42. The van der Waals surface area contributed by atoms with E-state index in [4.69, 9.17) is 9.47 Å². The number of para-hydroxylation sites is 1. The van der Waals surface area contributed by atoms with Gasteiger partial charge in [-0.2, -0.15) is 0 Å². The van der Waals surface area contributed by atoms with Crippen molar-refractivity contribution in [1.82, 2.24) is 4.98 Å². The minimum atomic E-state index is -0.324. The van der Waals surface area contributed by atoms with Gasteiger partial charge in [-0.1, -0.05) is 25.1 Å². The molecule has 1 saturated heterocycles. The first-order valence-electron chi connectivity index (χ1n) is 8.51. The molecule has 5 heteroatoms. The van der Waals surface area contributed by atoms with Crippen molar-refractivity contribution in [3.8, 4) is 0 Å². The first-order chi connectivity index (χ1) is 11.6. The van der Waals surface area contributed by atoms with E-state index in [0.717, 1.165) is 36.1 Å². The maximum absolute atomic E-state index is 12.5. The fourth-order valence-corrected chi connectivity index (χ4v) is 3.16. The largest absolute Gasteiger partial charge is 0.462 e. The smallest absolute Gasteiger partial charge is 0.341 e. The van der Waals surface area contributed by atoms with Gasteiger partial charge < -0.3 is 14.4 Å². The van der Waals surface area contributed by atoms with Crippen LogP contribution in [0.5, 0.6) is 0 Å². The average Bonchev–Trinajstić information content (AvgIpc) is 2.61. The number of esters is 1. The van der Waals surface area contributed by atoms with Crippen LogP contribution in [0.15, 0.2) is 30.5 Å². The molecule has 1 aliphatic rings. The van der Waals surface area contributed by atoms with Gasteiger partial charge in [-0.05, 0) is 26.3 Å². The Morgan fingerprint density at radius 1 is 1.38 bits per heavy atom. The Morgan fingerprint density at radius 3 is 2.92 bits per heavy atom. The molecule has 0 radical (unpaired) electrons. The molecule has 0 spiro atoms. The van der Waals surface area contributed by atoms with E-state index in [1.54, 1.807) is 6.20 Å². The second kappa shape index (κ2) is 6.77. The van der Waals surface area contributed by atoms with Crippen molar-refractivity contribution >= 4 is 22.6 Å². The highest BCUT2D eigenvalue weighted by atomic mass is 16.5. The van der Waals surface area contributed by atoms with Gasteiger partial charge in [0, 0.05) is 24.7 Å².